The highest BCUT2D eigenvalue weighted by Gasteiger charge is 2.36. The first kappa shape index (κ1) is 14.4. The van der Waals surface area contributed by atoms with Crippen LogP contribution < -0.4 is 10.5 Å². The van der Waals surface area contributed by atoms with Crippen LogP contribution in [-0.4, -0.2) is 30.0 Å². The summed E-state index contributed by atoms with van der Waals surface area (Å²) < 4.78 is 5.39. The normalized spacial score (nSPS) is 19.1. The van der Waals surface area contributed by atoms with Gasteiger partial charge >= 0.3 is 0 Å². The van der Waals surface area contributed by atoms with Crippen molar-refractivity contribution in [2.45, 2.75) is 50.7 Å². The van der Waals surface area contributed by atoms with Crippen molar-refractivity contribution in [3.05, 3.63) is 29.8 Å². The number of hydrogen-bond acceptors (Lipinski definition) is 3. The monoisotopic (exact) mass is 288 g/mol. The van der Waals surface area contributed by atoms with Crippen molar-refractivity contribution in [3.63, 3.8) is 0 Å². The van der Waals surface area contributed by atoms with E-state index in [4.69, 9.17) is 10.5 Å². The molecule has 1 unspecified atom stereocenters. The van der Waals surface area contributed by atoms with Crippen molar-refractivity contribution in [1.82, 2.24) is 4.90 Å². The predicted molar refractivity (Wildman–Crippen MR) is 81.9 cm³/mol. The number of methoxy groups -OCH3 is 1. The van der Waals surface area contributed by atoms with Crippen LogP contribution in [0.3, 0.4) is 0 Å². The summed E-state index contributed by atoms with van der Waals surface area (Å²) in [5.74, 6) is 1.62. The van der Waals surface area contributed by atoms with Crippen molar-refractivity contribution in [2.75, 3.05) is 7.11 Å². The fourth-order valence-electron chi connectivity index (χ4n) is 2.83. The van der Waals surface area contributed by atoms with Crippen LogP contribution in [0.15, 0.2) is 24.3 Å². The van der Waals surface area contributed by atoms with E-state index in [1.807, 2.05) is 29.2 Å². The highest BCUT2D eigenvalue weighted by atomic mass is 16.5. The molecule has 0 heterocycles. The molecule has 1 atom stereocenters. The number of carbonyl (C=O) groups is 1. The van der Waals surface area contributed by atoms with Crippen molar-refractivity contribution in [2.24, 2.45) is 11.7 Å². The van der Waals surface area contributed by atoms with Crippen molar-refractivity contribution >= 4 is 5.91 Å². The average Bonchev–Trinajstić information content (AvgIpc) is 3.37. The van der Waals surface area contributed by atoms with Crippen molar-refractivity contribution in [1.29, 1.82) is 0 Å². The van der Waals surface area contributed by atoms with Gasteiger partial charge in [-0.3, -0.25) is 4.79 Å². The molecule has 4 heteroatoms. The first-order valence-corrected chi connectivity index (χ1v) is 7.86. The van der Waals surface area contributed by atoms with Gasteiger partial charge in [0.25, 0.3) is 0 Å². The molecule has 0 aliphatic heterocycles. The van der Waals surface area contributed by atoms with E-state index in [0.717, 1.165) is 24.2 Å². The SMILES string of the molecule is COc1ccccc1CN(C(=O)CC(N)C1CC1)C1CC1. The number of nitrogens with two attached hydrogens (primary N) is 1. The van der Waals surface area contributed by atoms with Crippen LogP contribution in [0.2, 0.25) is 0 Å². The Morgan fingerprint density at radius 1 is 1.33 bits per heavy atom. The van der Waals surface area contributed by atoms with Gasteiger partial charge < -0.3 is 15.4 Å². The number of ether oxygens (including phenoxy) is 1. The van der Waals surface area contributed by atoms with Crippen molar-refractivity contribution < 1.29 is 9.53 Å². The van der Waals surface area contributed by atoms with E-state index < -0.39 is 0 Å². The number of nitrogens with zero attached hydrogens (tertiary/aromatic N) is 1. The molecule has 2 N–H and O–H groups in total. The second-order valence-electron chi connectivity index (χ2n) is 6.27. The van der Waals surface area contributed by atoms with Crippen LogP contribution in [0.5, 0.6) is 5.75 Å². The Morgan fingerprint density at radius 2 is 2.05 bits per heavy atom. The van der Waals surface area contributed by atoms with Gasteiger partial charge in [0.1, 0.15) is 5.75 Å². The van der Waals surface area contributed by atoms with E-state index in [9.17, 15) is 4.79 Å². The number of rotatable bonds is 7. The molecular weight excluding hydrogens is 264 g/mol. The summed E-state index contributed by atoms with van der Waals surface area (Å²) in [5, 5.41) is 0. The maximum Gasteiger partial charge on any atom is 0.224 e. The molecule has 0 spiro atoms. The summed E-state index contributed by atoms with van der Waals surface area (Å²) in [6.45, 7) is 0.630. The molecule has 2 aliphatic rings. The molecule has 1 amide bonds. The molecule has 2 fully saturated rings. The van der Waals surface area contributed by atoms with Gasteiger partial charge in [0.2, 0.25) is 5.91 Å². The molecule has 114 valence electrons. The van der Waals surface area contributed by atoms with Crippen LogP contribution in [0.4, 0.5) is 0 Å². The van der Waals surface area contributed by atoms with E-state index in [0.29, 0.717) is 24.9 Å². The van der Waals surface area contributed by atoms with Crippen molar-refractivity contribution in [3.8, 4) is 5.75 Å². The minimum Gasteiger partial charge on any atom is -0.496 e. The minimum atomic E-state index is 0.0384. The zero-order valence-corrected chi connectivity index (χ0v) is 12.6. The van der Waals surface area contributed by atoms with Gasteiger partial charge in [-0.15, -0.1) is 0 Å². The second kappa shape index (κ2) is 6.06. The topological polar surface area (TPSA) is 55.6 Å². The van der Waals surface area contributed by atoms with Crippen LogP contribution >= 0.6 is 0 Å². The Kier molecular flexibility index (Phi) is 4.15. The third-order valence-electron chi connectivity index (χ3n) is 4.48. The molecule has 0 aromatic heterocycles. The third-order valence-corrected chi connectivity index (χ3v) is 4.48. The fraction of sp³-hybridized carbons (Fsp3) is 0.588. The van der Waals surface area contributed by atoms with Gasteiger partial charge in [0.15, 0.2) is 0 Å². The van der Waals surface area contributed by atoms with Gasteiger partial charge in [-0.05, 0) is 37.7 Å². The molecular formula is C17H24N2O2. The maximum atomic E-state index is 12.6. The molecule has 4 nitrogen and oxygen atoms in total. The highest BCUT2D eigenvalue weighted by molar-refractivity contribution is 5.77. The summed E-state index contributed by atoms with van der Waals surface area (Å²) in [6.07, 6.45) is 5.07. The number of amides is 1. The number of hydrogen-bond donors (Lipinski definition) is 1. The van der Waals surface area contributed by atoms with Gasteiger partial charge in [-0.2, -0.15) is 0 Å². The van der Waals surface area contributed by atoms with Crippen LogP contribution in [0.25, 0.3) is 0 Å². The van der Waals surface area contributed by atoms with E-state index in [2.05, 4.69) is 0 Å². The zero-order valence-electron chi connectivity index (χ0n) is 12.6. The average molecular weight is 288 g/mol. The van der Waals surface area contributed by atoms with Crippen LogP contribution in [-0.2, 0) is 11.3 Å². The van der Waals surface area contributed by atoms with Gasteiger partial charge in [0, 0.05) is 30.6 Å². The van der Waals surface area contributed by atoms with E-state index in [1.165, 1.54) is 12.8 Å². The number of benzene rings is 1. The standard InChI is InChI=1S/C17H24N2O2/c1-21-16-5-3-2-4-13(16)11-19(14-8-9-14)17(20)10-15(18)12-6-7-12/h2-5,12,14-15H,6-11,18H2,1H3. The number of carbonyl (C=O) groups excluding carboxylic acids is 1. The van der Waals surface area contributed by atoms with Gasteiger partial charge in [-0.1, -0.05) is 18.2 Å². The molecule has 1 aromatic carbocycles. The lowest BCUT2D eigenvalue weighted by atomic mass is 10.1. The maximum absolute atomic E-state index is 12.6. The molecule has 2 saturated carbocycles. The summed E-state index contributed by atoms with van der Waals surface area (Å²) in [6, 6.07) is 8.35. The zero-order chi connectivity index (χ0) is 14.8. The minimum absolute atomic E-state index is 0.0384. The summed E-state index contributed by atoms with van der Waals surface area (Å²) in [5.41, 5.74) is 7.19. The van der Waals surface area contributed by atoms with Crippen LogP contribution in [0.1, 0.15) is 37.7 Å². The highest BCUT2D eigenvalue weighted by Crippen LogP contribution is 2.35. The smallest absolute Gasteiger partial charge is 0.224 e. The van der Waals surface area contributed by atoms with Gasteiger partial charge in [0.05, 0.1) is 7.11 Å². The van der Waals surface area contributed by atoms with Gasteiger partial charge in [-0.25, -0.2) is 0 Å². The molecule has 1 aromatic rings. The quantitative estimate of drug-likeness (QED) is 0.837. The lowest BCUT2D eigenvalue weighted by molar-refractivity contribution is -0.132. The molecule has 21 heavy (non-hydrogen) atoms. The Hall–Kier alpha value is -1.55. The first-order chi connectivity index (χ1) is 10.2. The first-order valence-electron chi connectivity index (χ1n) is 7.86. The summed E-state index contributed by atoms with van der Waals surface area (Å²) >= 11 is 0. The molecule has 2 aliphatic carbocycles. The Morgan fingerprint density at radius 3 is 2.67 bits per heavy atom. The fourth-order valence-corrected chi connectivity index (χ4v) is 2.83. The third kappa shape index (κ3) is 3.56. The summed E-state index contributed by atoms with van der Waals surface area (Å²) in [4.78, 5) is 14.6. The lowest BCUT2D eigenvalue weighted by Crippen LogP contribution is -2.37. The van der Waals surface area contributed by atoms with Crippen LogP contribution in [0, 0.1) is 5.92 Å². The second-order valence-corrected chi connectivity index (χ2v) is 6.27. The Labute approximate surface area is 126 Å². The van der Waals surface area contributed by atoms with E-state index >= 15 is 0 Å². The molecule has 0 bridgehead atoms. The van der Waals surface area contributed by atoms with E-state index in [1.54, 1.807) is 7.11 Å². The number of para-hydroxylation sites is 1. The van der Waals surface area contributed by atoms with E-state index in [-0.39, 0.29) is 11.9 Å². The predicted octanol–water partition coefficient (Wildman–Crippen LogP) is 2.31. The molecule has 0 saturated heterocycles. The lowest BCUT2D eigenvalue weighted by Gasteiger charge is -2.25. The molecule has 0 radical (unpaired) electrons. The Balaban J connectivity index is 1.67. The molecule has 3 rings (SSSR count). The summed E-state index contributed by atoms with van der Waals surface area (Å²) in [7, 11) is 1.67. The largest absolute Gasteiger partial charge is 0.496 e. The Bertz CT molecular complexity index is 509.